The third-order valence-corrected chi connectivity index (χ3v) is 1.51. The quantitative estimate of drug-likeness (QED) is 0.157. The Kier molecular flexibility index (Phi) is 118. The van der Waals surface area contributed by atoms with E-state index < -0.39 is 18.9 Å². The molecule has 0 amide bonds. The molecule has 1 aromatic rings. The van der Waals surface area contributed by atoms with Gasteiger partial charge in [0.05, 0.1) is 0 Å². The molecule has 168 valence electrons. The van der Waals surface area contributed by atoms with Crippen LogP contribution in [0.2, 0.25) is 0 Å². The first-order chi connectivity index (χ1) is 7.34. The number of hydrogen-bond acceptors (Lipinski definition) is 6. The fourth-order valence-electron chi connectivity index (χ4n) is 0.880. The minimum Gasteiger partial charge on any atom is -0.412 e. The molecule has 1 aromatic carbocycles. The molecule has 0 spiro atoms. The van der Waals surface area contributed by atoms with E-state index in [1.165, 1.54) is 31.2 Å². The second-order valence-corrected chi connectivity index (χ2v) is 3.05. The molecule has 26 heavy (non-hydrogen) atoms. The maximum atomic E-state index is 8.72. The molecule has 16 heteroatoms. The minimum absolute atomic E-state index is 0. The molecule has 1 rings (SSSR count). The van der Waals surface area contributed by atoms with Gasteiger partial charge in [-0.25, -0.2) is 0 Å². The molecule has 0 saturated carbocycles. The van der Waals surface area contributed by atoms with Gasteiger partial charge in [0, 0.05) is 209 Å². The Bertz CT molecular complexity index is 294. The fourth-order valence-corrected chi connectivity index (χ4v) is 0.880. The van der Waals surface area contributed by atoms with Crippen LogP contribution in [-0.4, -0.2) is 69.8 Å². The molecule has 4 radical (unpaired) electrons. The molecule has 12 nitrogen and oxygen atoms in total. The van der Waals surface area contributed by atoms with Crippen molar-refractivity contribution in [2.45, 2.75) is 25.8 Å². The zero-order valence-corrected chi connectivity index (χ0v) is 22.9. The van der Waals surface area contributed by atoms with Crippen LogP contribution in [0.15, 0.2) is 24.3 Å². The molecule has 0 aromatic heterocycles. The smallest absolute Gasteiger partial charge is 0.178 e. The van der Waals surface area contributed by atoms with Gasteiger partial charge in [-0.1, -0.05) is 18.2 Å². The molecule has 0 fully saturated rings. The van der Waals surface area contributed by atoms with Crippen LogP contribution in [0, 0.1) is 198 Å². The van der Waals surface area contributed by atoms with Gasteiger partial charge in [-0.3, -0.25) is 0 Å². The number of rotatable bonds is 2. The summed E-state index contributed by atoms with van der Waals surface area (Å²) in [5.74, 6) is 0. The van der Waals surface area contributed by atoms with E-state index in [-0.39, 0.29) is 241 Å². The van der Waals surface area contributed by atoms with Crippen LogP contribution in [-0.2, 0) is 0 Å². The van der Waals surface area contributed by atoms with E-state index in [4.69, 9.17) is 30.6 Å². The molecular formula is C10H28Eu4O12. The van der Waals surface area contributed by atoms with E-state index in [0.29, 0.717) is 0 Å². The summed E-state index contributed by atoms with van der Waals surface area (Å²) in [6.07, 6.45) is -4.33. The second kappa shape index (κ2) is 43.9. The summed E-state index contributed by atoms with van der Waals surface area (Å²) < 4.78 is 0. The fraction of sp³-hybridized carbons (Fsp3) is 0.400. The van der Waals surface area contributed by atoms with E-state index in [2.05, 4.69) is 0 Å². The predicted octanol–water partition coefficient (Wildman–Crippen LogP) is -5.98. The van der Waals surface area contributed by atoms with Gasteiger partial charge in [0.25, 0.3) is 0 Å². The summed E-state index contributed by atoms with van der Waals surface area (Å²) in [6, 6.07) is 5.80. The van der Waals surface area contributed by atoms with Crippen molar-refractivity contribution in [3.63, 3.8) is 0 Å². The molecule has 0 heterocycles. The zero-order chi connectivity index (χ0) is 12.7. The molecule has 18 N–H and O–H groups in total. The maximum absolute atomic E-state index is 8.72. The Labute approximate surface area is 314 Å². The van der Waals surface area contributed by atoms with Crippen molar-refractivity contribution in [2.24, 2.45) is 0 Å². The zero-order valence-electron chi connectivity index (χ0n) is 13.2. The van der Waals surface area contributed by atoms with Gasteiger partial charge in [-0.05, 0) is 13.0 Å². The molecular weight excluding hydrogens is 920 g/mol. The van der Waals surface area contributed by atoms with Crippen LogP contribution in [0.3, 0.4) is 0 Å². The first-order valence-corrected chi connectivity index (χ1v) is 4.53. The van der Waals surface area contributed by atoms with Crippen LogP contribution in [0.4, 0.5) is 0 Å². The Balaban J connectivity index is -0.0000000166. The van der Waals surface area contributed by atoms with Gasteiger partial charge in [0.1, 0.15) is 6.29 Å². The minimum atomic E-state index is -1.58. The van der Waals surface area contributed by atoms with Gasteiger partial charge in [-0.15, -0.1) is 0 Å². The summed E-state index contributed by atoms with van der Waals surface area (Å²) in [7, 11) is 0. The van der Waals surface area contributed by atoms with Gasteiger partial charge in [0.15, 0.2) is 12.6 Å². The van der Waals surface area contributed by atoms with Crippen LogP contribution in [0.5, 0.6) is 0 Å². The molecule has 0 aliphatic carbocycles. The summed E-state index contributed by atoms with van der Waals surface area (Å²) in [4.78, 5) is 0. The third kappa shape index (κ3) is 43.0. The molecule has 0 bridgehead atoms. The number of benzene rings is 1. The van der Waals surface area contributed by atoms with E-state index in [1.807, 2.05) is 0 Å². The Hall–Kier alpha value is 5.08. The van der Waals surface area contributed by atoms with Crippen molar-refractivity contribution in [3.05, 3.63) is 35.4 Å². The van der Waals surface area contributed by atoms with Gasteiger partial charge in [-0.2, -0.15) is 0 Å². The average molecular weight is 948 g/mol. The summed E-state index contributed by atoms with van der Waals surface area (Å²) in [5.41, 5.74) is 0.473. The van der Waals surface area contributed by atoms with Crippen molar-refractivity contribution >= 4 is 0 Å². The van der Waals surface area contributed by atoms with Gasteiger partial charge >= 0.3 is 0 Å². The van der Waals surface area contributed by atoms with Crippen molar-refractivity contribution < 1.29 is 261 Å². The first kappa shape index (κ1) is 69.7. The molecule has 0 aliphatic rings. The van der Waals surface area contributed by atoms with E-state index in [1.54, 1.807) is 0 Å². The van der Waals surface area contributed by atoms with Crippen molar-refractivity contribution in [1.82, 2.24) is 0 Å². The Morgan fingerprint density at radius 3 is 0.923 bits per heavy atom. The average Bonchev–Trinajstić information content (AvgIpc) is 2.17. The summed E-state index contributed by atoms with van der Waals surface area (Å²) in [5, 5.41) is 50.1. The Morgan fingerprint density at radius 2 is 0.769 bits per heavy atom. The van der Waals surface area contributed by atoms with E-state index in [9.17, 15) is 0 Å². The van der Waals surface area contributed by atoms with Crippen molar-refractivity contribution in [1.29, 1.82) is 0 Å². The van der Waals surface area contributed by atoms with Crippen LogP contribution in [0.25, 0.3) is 0 Å². The molecule has 0 aliphatic heterocycles. The van der Waals surface area contributed by atoms with Crippen LogP contribution < -0.4 is 0 Å². The molecule has 0 unspecified atom stereocenters. The SMILES string of the molecule is CC(O)O.O.O.O.O.O.O.OC(O)c1cccc(C(O)O)c1.[Eu].[Eu].[Eu].[Eu]. The van der Waals surface area contributed by atoms with Crippen molar-refractivity contribution in [2.75, 3.05) is 0 Å². The summed E-state index contributed by atoms with van der Waals surface area (Å²) >= 11 is 0. The topological polar surface area (TPSA) is 310 Å². The Morgan fingerprint density at radius 1 is 0.577 bits per heavy atom. The van der Waals surface area contributed by atoms with Crippen LogP contribution in [0.1, 0.15) is 30.6 Å². The monoisotopic (exact) mass is 952 g/mol. The van der Waals surface area contributed by atoms with Crippen LogP contribution >= 0.6 is 0 Å². The normalized spacial score (nSPS) is 6.54. The number of aliphatic hydroxyl groups excluding tert-OH is 3. The first-order valence-electron chi connectivity index (χ1n) is 4.53. The third-order valence-electron chi connectivity index (χ3n) is 1.51. The summed E-state index contributed by atoms with van der Waals surface area (Å²) in [6.45, 7) is 1.28. The van der Waals surface area contributed by atoms with E-state index in [0.717, 1.165) is 0 Å². The largest absolute Gasteiger partial charge is 0.412 e. The second-order valence-electron chi connectivity index (χ2n) is 3.05. The predicted molar refractivity (Wildman–Crippen MR) is 76.4 cm³/mol. The number of aliphatic hydroxyl groups is 6. The van der Waals surface area contributed by atoms with Crippen molar-refractivity contribution in [3.8, 4) is 0 Å². The van der Waals surface area contributed by atoms with E-state index >= 15 is 0 Å². The van der Waals surface area contributed by atoms with Gasteiger partial charge < -0.3 is 63.5 Å². The molecule has 0 atom stereocenters. The number of hydrogen-bond donors (Lipinski definition) is 6. The standard InChI is InChI=1S/C8H10O4.C2H6O2.4Eu.6H2O/c9-7(10)5-2-1-3-6(4-5)8(11)12;1-2(3)4;;;;;;;;;;/h1-4,7-12H;2-4H,1H3;;;;;6*1H2. The maximum Gasteiger partial charge on any atom is 0.178 e. The van der Waals surface area contributed by atoms with Gasteiger partial charge in [0.2, 0.25) is 0 Å². The molecule has 0 saturated heterocycles.